The van der Waals surface area contributed by atoms with Gasteiger partial charge >= 0.3 is 0 Å². The van der Waals surface area contributed by atoms with Gasteiger partial charge in [-0.1, -0.05) is 27.7 Å². The first-order valence-electron chi connectivity index (χ1n) is 5.26. The number of carbonyl (C=O) groups is 1. The van der Waals surface area contributed by atoms with Crippen molar-refractivity contribution < 1.29 is 4.79 Å². The predicted molar refractivity (Wildman–Crippen MR) is 56.5 cm³/mol. The van der Waals surface area contributed by atoms with Gasteiger partial charge in [-0.3, -0.25) is 4.79 Å². The molecular weight excluding hydrogens is 162 g/mol. The van der Waals surface area contributed by atoms with Gasteiger partial charge in [-0.05, 0) is 25.2 Å². The molecule has 0 aromatic rings. The summed E-state index contributed by atoms with van der Waals surface area (Å²) in [5.41, 5.74) is 0. The minimum atomic E-state index is 0.181. The second-order valence-corrected chi connectivity index (χ2v) is 4.37. The highest BCUT2D eigenvalue weighted by Gasteiger charge is 2.22. The highest BCUT2D eigenvalue weighted by Crippen LogP contribution is 2.20. The molecule has 0 aliphatic heterocycles. The summed E-state index contributed by atoms with van der Waals surface area (Å²) in [4.78, 5) is 11.6. The molecule has 0 rings (SSSR count). The van der Waals surface area contributed by atoms with Crippen molar-refractivity contribution >= 4 is 5.91 Å². The Balaban J connectivity index is 4.15. The van der Waals surface area contributed by atoms with E-state index >= 15 is 0 Å². The van der Waals surface area contributed by atoms with Crippen LogP contribution in [0.3, 0.4) is 0 Å². The van der Waals surface area contributed by atoms with Crippen LogP contribution in [0.1, 0.15) is 41.0 Å². The van der Waals surface area contributed by atoms with Crippen molar-refractivity contribution in [3.63, 3.8) is 0 Å². The molecule has 2 heteroatoms. The molecule has 0 radical (unpaired) electrons. The maximum atomic E-state index is 11.6. The predicted octanol–water partition coefficient (Wildman–Crippen LogP) is 2.44. The maximum Gasteiger partial charge on any atom is 0.223 e. The Morgan fingerprint density at radius 1 is 1.23 bits per heavy atom. The van der Waals surface area contributed by atoms with Crippen molar-refractivity contribution in [2.75, 3.05) is 6.54 Å². The van der Waals surface area contributed by atoms with Crippen LogP contribution in [-0.4, -0.2) is 12.5 Å². The summed E-state index contributed by atoms with van der Waals surface area (Å²) in [5, 5.41) is 2.89. The Morgan fingerprint density at radius 2 is 1.77 bits per heavy atom. The SMILES string of the molecule is CCNC(=O)C(CC(C)C)C(C)C. The molecule has 2 nitrogen and oxygen atoms in total. The molecule has 0 saturated carbocycles. The van der Waals surface area contributed by atoms with Gasteiger partial charge < -0.3 is 5.32 Å². The van der Waals surface area contributed by atoms with Crippen molar-refractivity contribution in [1.29, 1.82) is 0 Å². The van der Waals surface area contributed by atoms with Gasteiger partial charge in [0.15, 0.2) is 0 Å². The topological polar surface area (TPSA) is 29.1 Å². The van der Waals surface area contributed by atoms with Gasteiger partial charge in [0.25, 0.3) is 0 Å². The van der Waals surface area contributed by atoms with Gasteiger partial charge in [0.2, 0.25) is 5.91 Å². The van der Waals surface area contributed by atoms with E-state index in [9.17, 15) is 4.79 Å². The molecule has 78 valence electrons. The summed E-state index contributed by atoms with van der Waals surface area (Å²) >= 11 is 0. The largest absolute Gasteiger partial charge is 0.356 e. The van der Waals surface area contributed by atoms with Gasteiger partial charge in [0.1, 0.15) is 0 Å². The van der Waals surface area contributed by atoms with Crippen LogP contribution < -0.4 is 5.32 Å². The van der Waals surface area contributed by atoms with Gasteiger partial charge in [-0.25, -0.2) is 0 Å². The maximum absolute atomic E-state index is 11.6. The van der Waals surface area contributed by atoms with Crippen LogP contribution >= 0.6 is 0 Å². The average molecular weight is 185 g/mol. The number of rotatable bonds is 5. The van der Waals surface area contributed by atoms with Crippen LogP contribution in [0.25, 0.3) is 0 Å². The summed E-state index contributed by atoms with van der Waals surface area (Å²) in [6, 6.07) is 0. The Hall–Kier alpha value is -0.530. The van der Waals surface area contributed by atoms with Crippen molar-refractivity contribution in [3.05, 3.63) is 0 Å². The van der Waals surface area contributed by atoms with E-state index in [-0.39, 0.29) is 11.8 Å². The lowest BCUT2D eigenvalue weighted by atomic mass is 9.87. The van der Waals surface area contributed by atoms with E-state index in [0.717, 1.165) is 13.0 Å². The minimum absolute atomic E-state index is 0.181. The molecule has 0 spiro atoms. The zero-order chi connectivity index (χ0) is 10.4. The van der Waals surface area contributed by atoms with E-state index in [2.05, 4.69) is 33.0 Å². The third-order valence-corrected chi connectivity index (χ3v) is 2.22. The summed E-state index contributed by atoms with van der Waals surface area (Å²) < 4.78 is 0. The van der Waals surface area contributed by atoms with Crippen molar-refractivity contribution in [3.8, 4) is 0 Å². The fourth-order valence-corrected chi connectivity index (χ4v) is 1.50. The molecular formula is C11H23NO. The van der Waals surface area contributed by atoms with Crippen LogP contribution in [0, 0.1) is 17.8 Å². The molecule has 13 heavy (non-hydrogen) atoms. The normalized spacial score (nSPS) is 13.5. The number of carbonyl (C=O) groups excluding carboxylic acids is 1. The van der Waals surface area contributed by atoms with Gasteiger partial charge in [-0.15, -0.1) is 0 Å². The number of nitrogens with one attached hydrogen (secondary N) is 1. The lowest BCUT2D eigenvalue weighted by Gasteiger charge is -2.21. The van der Waals surface area contributed by atoms with Crippen LogP contribution in [0.15, 0.2) is 0 Å². The van der Waals surface area contributed by atoms with Crippen molar-refractivity contribution in [1.82, 2.24) is 5.32 Å². The zero-order valence-corrected chi connectivity index (χ0v) is 9.55. The van der Waals surface area contributed by atoms with Crippen LogP contribution in [-0.2, 0) is 4.79 Å². The first-order valence-corrected chi connectivity index (χ1v) is 5.26. The Morgan fingerprint density at radius 3 is 2.08 bits per heavy atom. The molecule has 1 amide bonds. The Kier molecular flexibility index (Phi) is 5.76. The molecule has 0 fully saturated rings. The summed E-state index contributed by atoms with van der Waals surface area (Å²) in [5.74, 6) is 1.43. The second kappa shape index (κ2) is 6.01. The number of hydrogen-bond acceptors (Lipinski definition) is 1. The summed E-state index contributed by atoms with van der Waals surface area (Å²) in [7, 11) is 0. The van der Waals surface area contributed by atoms with E-state index in [1.54, 1.807) is 0 Å². The zero-order valence-electron chi connectivity index (χ0n) is 9.55. The van der Waals surface area contributed by atoms with Crippen LogP contribution in [0.4, 0.5) is 0 Å². The lowest BCUT2D eigenvalue weighted by Crippen LogP contribution is -2.34. The molecule has 0 aliphatic carbocycles. The molecule has 0 heterocycles. The average Bonchev–Trinajstić information content (AvgIpc) is 1.99. The van der Waals surface area contributed by atoms with Crippen molar-refractivity contribution in [2.24, 2.45) is 17.8 Å². The molecule has 1 atom stereocenters. The summed E-state index contributed by atoms with van der Waals surface area (Å²) in [6.07, 6.45) is 0.990. The second-order valence-electron chi connectivity index (χ2n) is 4.37. The third-order valence-electron chi connectivity index (χ3n) is 2.22. The standard InChI is InChI=1S/C11H23NO/c1-6-12-11(13)10(9(4)5)7-8(2)3/h8-10H,6-7H2,1-5H3,(H,12,13). The summed E-state index contributed by atoms with van der Waals surface area (Å²) in [6.45, 7) is 11.2. The smallest absolute Gasteiger partial charge is 0.223 e. The monoisotopic (exact) mass is 185 g/mol. The molecule has 0 aromatic carbocycles. The minimum Gasteiger partial charge on any atom is -0.356 e. The van der Waals surface area contributed by atoms with Crippen LogP contribution in [0.2, 0.25) is 0 Å². The first-order chi connectivity index (χ1) is 5.99. The number of amides is 1. The molecule has 0 saturated heterocycles. The van der Waals surface area contributed by atoms with Crippen molar-refractivity contribution in [2.45, 2.75) is 41.0 Å². The van der Waals surface area contributed by atoms with Gasteiger partial charge in [0.05, 0.1) is 0 Å². The van der Waals surface area contributed by atoms with Gasteiger partial charge in [0, 0.05) is 12.5 Å². The Labute approximate surface area is 82.1 Å². The number of hydrogen-bond donors (Lipinski definition) is 1. The van der Waals surface area contributed by atoms with Gasteiger partial charge in [-0.2, -0.15) is 0 Å². The molecule has 1 unspecified atom stereocenters. The first kappa shape index (κ1) is 12.5. The highest BCUT2D eigenvalue weighted by molar-refractivity contribution is 5.78. The fraction of sp³-hybridized carbons (Fsp3) is 0.909. The van der Waals surface area contributed by atoms with E-state index in [4.69, 9.17) is 0 Å². The third kappa shape index (κ3) is 4.91. The van der Waals surface area contributed by atoms with E-state index < -0.39 is 0 Å². The molecule has 0 aromatic heterocycles. The van der Waals surface area contributed by atoms with E-state index in [1.807, 2.05) is 6.92 Å². The van der Waals surface area contributed by atoms with E-state index in [1.165, 1.54) is 0 Å². The molecule has 1 N–H and O–H groups in total. The van der Waals surface area contributed by atoms with E-state index in [0.29, 0.717) is 11.8 Å². The van der Waals surface area contributed by atoms with Crippen LogP contribution in [0.5, 0.6) is 0 Å². The Bertz CT molecular complexity index is 152. The quantitative estimate of drug-likeness (QED) is 0.700. The lowest BCUT2D eigenvalue weighted by molar-refractivity contribution is -0.126. The fourth-order valence-electron chi connectivity index (χ4n) is 1.50. The highest BCUT2D eigenvalue weighted by atomic mass is 16.1. The molecule has 0 aliphatic rings. The molecule has 0 bridgehead atoms.